The van der Waals surface area contributed by atoms with Crippen molar-refractivity contribution in [1.82, 2.24) is 5.43 Å². The number of hydrogen-bond donors (Lipinski definition) is 1. The second-order valence-corrected chi connectivity index (χ2v) is 4.30. The van der Waals surface area contributed by atoms with E-state index in [-0.39, 0.29) is 17.6 Å². The molecule has 1 N–H and O–H groups in total. The molecule has 1 amide bonds. The fourth-order valence-electron chi connectivity index (χ4n) is 1.53. The van der Waals surface area contributed by atoms with Crippen molar-refractivity contribution in [3.8, 4) is 5.75 Å². The third-order valence-electron chi connectivity index (χ3n) is 2.85. The number of carbonyl (C=O) groups excluding carboxylic acids is 1. The van der Waals surface area contributed by atoms with Gasteiger partial charge in [0, 0.05) is 11.5 Å². The highest BCUT2D eigenvalue weighted by Crippen LogP contribution is 2.28. The number of nitrogens with zero attached hydrogens (tertiary/aromatic N) is 1. The van der Waals surface area contributed by atoms with Gasteiger partial charge in [-0.15, -0.1) is 0 Å². The fraction of sp³-hybridized carbons (Fsp3) is 0.385. The zero-order valence-electron chi connectivity index (χ0n) is 10.4. The molecule has 4 nitrogen and oxygen atoms in total. The lowest BCUT2D eigenvalue weighted by Gasteiger charge is -2.05. The molecule has 0 saturated heterocycles. The van der Waals surface area contributed by atoms with Crippen molar-refractivity contribution in [2.24, 2.45) is 11.0 Å². The lowest BCUT2D eigenvalue weighted by molar-refractivity contribution is -0.122. The van der Waals surface area contributed by atoms with E-state index in [4.69, 9.17) is 4.74 Å². The van der Waals surface area contributed by atoms with Crippen LogP contribution in [0.4, 0.5) is 4.39 Å². The number of amides is 1. The summed E-state index contributed by atoms with van der Waals surface area (Å²) in [6.45, 7) is 1.72. The smallest absolute Gasteiger partial charge is 0.243 e. The minimum atomic E-state index is -0.446. The zero-order valence-corrected chi connectivity index (χ0v) is 10.4. The minimum absolute atomic E-state index is 0.0664. The fourth-order valence-corrected chi connectivity index (χ4v) is 1.53. The number of methoxy groups -OCH3 is 1. The molecule has 0 unspecified atom stereocenters. The van der Waals surface area contributed by atoms with Crippen LogP contribution in [0.25, 0.3) is 0 Å². The summed E-state index contributed by atoms with van der Waals surface area (Å²) in [5.74, 6) is -0.218. The molecule has 0 radical (unpaired) electrons. The molecule has 1 aromatic rings. The van der Waals surface area contributed by atoms with Crippen molar-refractivity contribution >= 4 is 11.6 Å². The van der Waals surface area contributed by atoms with Crippen LogP contribution in [0.15, 0.2) is 23.3 Å². The standard InChI is InChI=1S/C13H15FN2O2/c1-8(15-16-13(17)9-3-4-9)10-5-6-12(18-2)11(14)7-10/h5-7,9H,3-4H2,1-2H3,(H,16,17)/b15-8-. The van der Waals surface area contributed by atoms with Crippen molar-refractivity contribution in [3.63, 3.8) is 0 Å². The Kier molecular flexibility index (Phi) is 3.60. The van der Waals surface area contributed by atoms with Crippen molar-refractivity contribution in [2.45, 2.75) is 19.8 Å². The summed E-state index contributed by atoms with van der Waals surface area (Å²) in [6, 6.07) is 4.57. The number of ether oxygens (including phenoxy) is 1. The maximum Gasteiger partial charge on any atom is 0.243 e. The van der Waals surface area contributed by atoms with E-state index in [0.29, 0.717) is 11.3 Å². The van der Waals surface area contributed by atoms with E-state index in [1.807, 2.05) is 0 Å². The van der Waals surface area contributed by atoms with Gasteiger partial charge in [0.1, 0.15) is 0 Å². The number of rotatable bonds is 4. The van der Waals surface area contributed by atoms with Crippen molar-refractivity contribution in [1.29, 1.82) is 0 Å². The van der Waals surface area contributed by atoms with Crippen LogP contribution in [-0.2, 0) is 4.79 Å². The van der Waals surface area contributed by atoms with Crippen LogP contribution in [-0.4, -0.2) is 18.7 Å². The third kappa shape index (κ3) is 2.85. The number of halogens is 1. The normalized spacial score (nSPS) is 15.4. The highest BCUT2D eigenvalue weighted by atomic mass is 19.1. The van der Waals surface area contributed by atoms with Crippen LogP contribution < -0.4 is 10.2 Å². The van der Waals surface area contributed by atoms with Gasteiger partial charge in [0.05, 0.1) is 12.8 Å². The predicted molar refractivity (Wildman–Crippen MR) is 66.0 cm³/mol. The van der Waals surface area contributed by atoms with Gasteiger partial charge >= 0.3 is 0 Å². The first-order valence-electron chi connectivity index (χ1n) is 5.80. The van der Waals surface area contributed by atoms with Gasteiger partial charge in [-0.05, 0) is 38.0 Å². The van der Waals surface area contributed by atoms with E-state index in [0.717, 1.165) is 12.8 Å². The van der Waals surface area contributed by atoms with Crippen molar-refractivity contribution in [3.05, 3.63) is 29.6 Å². The monoisotopic (exact) mass is 250 g/mol. The molecular weight excluding hydrogens is 235 g/mol. The first-order chi connectivity index (χ1) is 8.61. The predicted octanol–water partition coefficient (Wildman–Crippen LogP) is 2.08. The highest BCUT2D eigenvalue weighted by molar-refractivity contribution is 5.99. The van der Waals surface area contributed by atoms with Gasteiger partial charge in [-0.1, -0.05) is 0 Å². The first-order valence-corrected chi connectivity index (χ1v) is 5.80. The zero-order chi connectivity index (χ0) is 13.1. The average Bonchev–Trinajstić information content (AvgIpc) is 3.19. The van der Waals surface area contributed by atoms with Gasteiger partial charge in [-0.25, -0.2) is 9.82 Å². The topological polar surface area (TPSA) is 50.7 Å². The quantitative estimate of drug-likeness (QED) is 0.657. The summed E-state index contributed by atoms with van der Waals surface area (Å²) in [4.78, 5) is 11.4. The Hall–Kier alpha value is -1.91. The van der Waals surface area contributed by atoms with E-state index < -0.39 is 5.82 Å². The van der Waals surface area contributed by atoms with Crippen LogP contribution >= 0.6 is 0 Å². The van der Waals surface area contributed by atoms with Crippen LogP contribution in [0, 0.1) is 11.7 Å². The molecule has 1 fully saturated rings. The Balaban J connectivity index is 2.07. The second-order valence-electron chi connectivity index (χ2n) is 4.30. The maximum atomic E-state index is 13.5. The number of carbonyl (C=O) groups is 1. The van der Waals surface area contributed by atoms with Crippen LogP contribution in [0.2, 0.25) is 0 Å². The third-order valence-corrected chi connectivity index (χ3v) is 2.85. The van der Waals surface area contributed by atoms with Crippen molar-refractivity contribution in [2.75, 3.05) is 7.11 Å². The van der Waals surface area contributed by atoms with Gasteiger partial charge in [-0.3, -0.25) is 4.79 Å². The second kappa shape index (κ2) is 5.16. The van der Waals surface area contributed by atoms with E-state index in [1.54, 1.807) is 13.0 Å². The van der Waals surface area contributed by atoms with E-state index in [1.165, 1.54) is 19.2 Å². The largest absolute Gasteiger partial charge is 0.494 e. The van der Waals surface area contributed by atoms with Gasteiger partial charge in [0.2, 0.25) is 5.91 Å². The molecule has 0 spiro atoms. The number of nitrogens with one attached hydrogen (secondary N) is 1. The molecule has 5 heteroatoms. The maximum absolute atomic E-state index is 13.5. The van der Waals surface area contributed by atoms with E-state index in [9.17, 15) is 9.18 Å². The Morgan fingerprint density at radius 2 is 2.22 bits per heavy atom. The Bertz CT molecular complexity index is 496. The van der Waals surface area contributed by atoms with E-state index >= 15 is 0 Å². The van der Waals surface area contributed by atoms with Crippen molar-refractivity contribution < 1.29 is 13.9 Å². The molecule has 2 rings (SSSR count). The van der Waals surface area contributed by atoms with Gasteiger partial charge in [-0.2, -0.15) is 5.10 Å². The molecule has 0 aromatic heterocycles. The molecule has 18 heavy (non-hydrogen) atoms. The molecular formula is C13H15FN2O2. The summed E-state index contributed by atoms with van der Waals surface area (Å²) in [5, 5.41) is 3.96. The van der Waals surface area contributed by atoms with Crippen LogP contribution in [0.1, 0.15) is 25.3 Å². The molecule has 0 atom stereocenters. The summed E-state index contributed by atoms with van der Waals surface area (Å²) in [6.07, 6.45) is 1.86. The first kappa shape index (κ1) is 12.5. The summed E-state index contributed by atoms with van der Waals surface area (Å²) in [7, 11) is 1.41. The number of benzene rings is 1. The SMILES string of the molecule is COc1ccc(/C(C)=N\NC(=O)C2CC2)cc1F. The summed E-state index contributed by atoms with van der Waals surface area (Å²) < 4.78 is 18.3. The van der Waals surface area contributed by atoms with Gasteiger partial charge < -0.3 is 4.74 Å². The molecule has 96 valence electrons. The van der Waals surface area contributed by atoms with Crippen LogP contribution in [0.3, 0.4) is 0 Å². The Labute approximate surface area is 105 Å². The average molecular weight is 250 g/mol. The molecule has 1 aromatic carbocycles. The molecule has 0 aliphatic heterocycles. The molecule has 0 heterocycles. The number of hydrogen-bond acceptors (Lipinski definition) is 3. The van der Waals surface area contributed by atoms with Crippen LogP contribution in [0.5, 0.6) is 5.75 Å². The molecule has 1 aliphatic carbocycles. The minimum Gasteiger partial charge on any atom is -0.494 e. The summed E-state index contributed by atoms with van der Waals surface area (Å²) >= 11 is 0. The Morgan fingerprint density at radius 3 is 2.78 bits per heavy atom. The van der Waals surface area contributed by atoms with E-state index in [2.05, 4.69) is 10.5 Å². The summed E-state index contributed by atoms with van der Waals surface area (Å²) in [5.41, 5.74) is 3.66. The lowest BCUT2D eigenvalue weighted by Crippen LogP contribution is -2.20. The van der Waals surface area contributed by atoms with Gasteiger partial charge in [0.15, 0.2) is 11.6 Å². The van der Waals surface area contributed by atoms with Gasteiger partial charge in [0.25, 0.3) is 0 Å². The number of hydrazone groups is 1. The highest BCUT2D eigenvalue weighted by Gasteiger charge is 2.29. The molecule has 1 saturated carbocycles. The Morgan fingerprint density at radius 1 is 1.50 bits per heavy atom. The lowest BCUT2D eigenvalue weighted by atomic mass is 10.1. The molecule has 1 aliphatic rings. The molecule has 0 bridgehead atoms.